The molecule has 8 nitrogen and oxygen atoms in total. The number of hydrogen-bond donors (Lipinski definition) is 0. The minimum absolute atomic E-state index is 0.718. The summed E-state index contributed by atoms with van der Waals surface area (Å²) in [6, 6.07) is 115. The fourth-order valence-electron chi connectivity index (χ4n) is 13.0. The first-order chi connectivity index (χ1) is 45.5. The first kappa shape index (κ1) is 55.1. The highest BCUT2D eigenvalue weighted by atomic mass is 16.5. The second-order valence-electron chi connectivity index (χ2n) is 22.8. The number of para-hydroxylation sites is 4. The summed E-state index contributed by atoms with van der Waals surface area (Å²) in [7, 11) is 3.40. The van der Waals surface area contributed by atoms with Crippen molar-refractivity contribution < 1.29 is 18.3 Å². The van der Waals surface area contributed by atoms with E-state index in [1.54, 1.807) is 14.2 Å². The Morgan fingerprint density at radius 1 is 0.228 bits per heavy atom. The van der Waals surface area contributed by atoms with Gasteiger partial charge in [-0.25, -0.2) is 0 Å². The summed E-state index contributed by atoms with van der Waals surface area (Å²) in [5.74, 6) is 1.51. The SMILES string of the molecule is COc1ccc(N(c2ccccc2)c2cc3c(cc(N(c4ccccc4)c4ccc(OC)cc4)c4oc5cc(N(c6ccccc6)c6ccc(-c7ccccc7)cc6)ccc5c43)c3c2oc2cc(N(c4ccccc4)c4ccc(-c5ccccc5)cc4)ccc23)cc1. The van der Waals surface area contributed by atoms with Crippen LogP contribution in [0.1, 0.15) is 0 Å². The molecule has 8 heteroatoms. The van der Waals surface area contributed by atoms with Gasteiger partial charge in [-0.05, 0) is 191 Å². The Balaban J connectivity index is 0.988. The third-order valence-corrected chi connectivity index (χ3v) is 17.4. The molecule has 16 rings (SSSR count). The van der Waals surface area contributed by atoms with Gasteiger partial charge in [0.1, 0.15) is 22.7 Å². The van der Waals surface area contributed by atoms with Gasteiger partial charge in [-0.1, -0.05) is 158 Å². The maximum atomic E-state index is 7.59. The Bertz CT molecular complexity index is 4930. The van der Waals surface area contributed by atoms with Crippen molar-refractivity contribution in [1.82, 2.24) is 0 Å². The van der Waals surface area contributed by atoms with Crippen LogP contribution in [0.2, 0.25) is 0 Å². The predicted octanol–water partition coefficient (Wildman–Crippen LogP) is 23.9. The summed E-state index contributed by atoms with van der Waals surface area (Å²) in [6.07, 6.45) is 0. The van der Waals surface area contributed by atoms with E-state index in [0.717, 1.165) is 157 Å². The van der Waals surface area contributed by atoms with Crippen LogP contribution in [0.15, 0.2) is 336 Å². The molecule has 0 saturated heterocycles. The Morgan fingerprint density at radius 3 is 0.815 bits per heavy atom. The highest BCUT2D eigenvalue weighted by Gasteiger charge is 2.29. The molecule has 0 amide bonds. The maximum absolute atomic E-state index is 7.59. The lowest BCUT2D eigenvalue weighted by Gasteiger charge is -2.28. The quantitative estimate of drug-likeness (QED) is 0.0949. The molecule has 0 spiro atoms. The van der Waals surface area contributed by atoms with Gasteiger partial charge in [0.05, 0.1) is 25.6 Å². The van der Waals surface area contributed by atoms with E-state index in [0.29, 0.717) is 0 Å². The highest BCUT2D eigenvalue weighted by Crippen LogP contribution is 2.53. The number of nitrogens with zero attached hydrogens (tertiary/aromatic N) is 4. The standard InChI is InChI=1S/C84H60N4O4/c1-89-71-47-41-67(42-48-71)87(63-29-17-7-18-30-63)77-55-75-76(81-73-51-45-69(53-79(73)91-83(77)81)85(61-25-13-5-14-26-61)65-37-33-59(34-38-65)57-21-9-3-10-22-57)56-78(88(64-31-19-8-20-32-64)68-43-49-72(90-2)50-44-68)84-82(75)74-52-46-70(54-80(74)92-84)86(62-27-15-6-16-28-62)66-39-35-60(36-40-66)58-23-11-4-12-24-58/h3-56H,1-2H3. The Labute approximate surface area is 533 Å². The van der Waals surface area contributed by atoms with E-state index in [1.807, 2.05) is 24.3 Å². The van der Waals surface area contributed by atoms with Gasteiger partial charge in [0, 0.05) is 90.6 Å². The van der Waals surface area contributed by atoms with Gasteiger partial charge in [0.2, 0.25) is 0 Å². The Hall–Kier alpha value is -12.3. The largest absolute Gasteiger partial charge is 0.497 e. The van der Waals surface area contributed by atoms with E-state index >= 15 is 0 Å². The predicted molar refractivity (Wildman–Crippen MR) is 381 cm³/mol. The van der Waals surface area contributed by atoms with E-state index in [9.17, 15) is 0 Å². The molecule has 14 aromatic carbocycles. The first-order valence-electron chi connectivity index (χ1n) is 30.9. The fourth-order valence-corrected chi connectivity index (χ4v) is 13.0. The smallest absolute Gasteiger partial charge is 0.160 e. The van der Waals surface area contributed by atoms with Crippen LogP contribution in [0.25, 0.3) is 76.9 Å². The van der Waals surface area contributed by atoms with Crippen molar-refractivity contribution in [2.45, 2.75) is 0 Å². The molecule has 440 valence electrons. The molecule has 0 fully saturated rings. The Morgan fingerprint density at radius 2 is 0.489 bits per heavy atom. The van der Waals surface area contributed by atoms with Crippen molar-refractivity contribution in [3.63, 3.8) is 0 Å². The topological polar surface area (TPSA) is 57.7 Å². The number of hydrogen-bond acceptors (Lipinski definition) is 8. The fraction of sp³-hybridized carbons (Fsp3) is 0.0238. The van der Waals surface area contributed by atoms with Gasteiger partial charge in [-0.3, -0.25) is 0 Å². The van der Waals surface area contributed by atoms with E-state index < -0.39 is 0 Å². The van der Waals surface area contributed by atoms with Crippen molar-refractivity contribution in [1.29, 1.82) is 0 Å². The number of benzene rings is 14. The van der Waals surface area contributed by atoms with Crippen LogP contribution in [-0.4, -0.2) is 14.2 Å². The molecule has 0 aliphatic heterocycles. The van der Waals surface area contributed by atoms with Gasteiger partial charge in [0.25, 0.3) is 0 Å². The average Bonchev–Trinajstić information content (AvgIpc) is 1.47. The molecule has 16 aromatic rings. The molecule has 0 unspecified atom stereocenters. The molecule has 0 atom stereocenters. The number of furan rings is 2. The first-order valence-corrected chi connectivity index (χ1v) is 30.9. The van der Waals surface area contributed by atoms with Crippen molar-refractivity contribution in [3.8, 4) is 33.8 Å². The molecular formula is C84H60N4O4. The van der Waals surface area contributed by atoms with Crippen LogP contribution in [0.4, 0.5) is 68.2 Å². The van der Waals surface area contributed by atoms with E-state index in [4.69, 9.17) is 18.3 Å². The molecule has 0 N–H and O–H groups in total. The lowest BCUT2D eigenvalue weighted by molar-refractivity contribution is 0.414. The summed E-state index contributed by atoms with van der Waals surface area (Å²) in [5, 5.41) is 5.80. The lowest BCUT2D eigenvalue weighted by atomic mass is 9.96. The number of fused-ring (bicyclic) bond motifs is 9. The van der Waals surface area contributed by atoms with Crippen molar-refractivity contribution in [2.24, 2.45) is 0 Å². The maximum Gasteiger partial charge on any atom is 0.160 e. The Kier molecular flexibility index (Phi) is 14.2. The van der Waals surface area contributed by atoms with Crippen LogP contribution in [0.3, 0.4) is 0 Å². The van der Waals surface area contributed by atoms with Crippen molar-refractivity contribution in [2.75, 3.05) is 33.8 Å². The molecule has 0 radical (unpaired) electrons. The summed E-state index contributed by atoms with van der Waals surface area (Å²) in [5.41, 5.74) is 18.9. The summed E-state index contributed by atoms with van der Waals surface area (Å²) < 4.78 is 26.7. The number of rotatable bonds is 16. The zero-order valence-corrected chi connectivity index (χ0v) is 50.6. The molecule has 0 aliphatic rings. The number of methoxy groups -OCH3 is 2. The van der Waals surface area contributed by atoms with Crippen molar-refractivity contribution in [3.05, 3.63) is 328 Å². The van der Waals surface area contributed by atoms with Crippen LogP contribution in [-0.2, 0) is 0 Å². The summed E-state index contributed by atoms with van der Waals surface area (Å²) >= 11 is 0. The molecule has 92 heavy (non-hydrogen) atoms. The second-order valence-corrected chi connectivity index (χ2v) is 22.8. The third-order valence-electron chi connectivity index (χ3n) is 17.4. The zero-order chi connectivity index (χ0) is 61.5. The van der Waals surface area contributed by atoms with Crippen molar-refractivity contribution >= 4 is 123 Å². The molecular weight excluding hydrogens is 1130 g/mol. The van der Waals surface area contributed by atoms with Crippen LogP contribution >= 0.6 is 0 Å². The molecule has 0 bridgehead atoms. The summed E-state index contributed by atoms with van der Waals surface area (Å²) in [6.45, 7) is 0. The van der Waals surface area contributed by atoms with Crippen LogP contribution < -0.4 is 29.1 Å². The van der Waals surface area contributed by atoms with Gasteiger partial charge in [0.15, 0.2) is 11.2 Å². The lowest BCUT2D eigenvalue weighted by Crippen LogP contribution is -2.11. The normalized spacial score (nSPS) is 11.4. The average molecular weight is 1190 g/mol. The highest BCUT2D eigenvalue weighted by molar-refractivity contribution is 6.32. The minimum atomic E-state index is 0.718. The third kappa shape index (κ3) is 10.0. The molecule has 0 aliphatic carbocycles. The van der Waals surface area contributed by atoms with Gasteiger partial charge in [-0.2, -0.15) is 0 Å². The monoisotopic (exact) mass is 1190 g/mol. The van der Waals surface area contributed by atoms with Gasteiger partial charge in [-0.15, -0.1) is 0 Å². The van der Waals surface area contributed by atoms with E-state index in [2.05, 4.69) is 323 Å². The van der Waals surface area contributed by atoms with Gasteiger partial charge >= 0.3 is 0 Å². The second kappa shape index (κ2) is 23.7. The summed E-state index contributed by atoms with van der Waals surface area (Å²) in [4.78, 5) is 9.19. The van der Waals surface area contributed by atoms with Crippen LogP contribution in [0, 0.1) is 0 Å². The molecule has 2 heterocycles. The number of ether oxygens (including phenoxy) is 2. The molecule has 0 saturated carbocycles. The van der Waals surface area contributed by atoms with E-state index in [-0.39, 0.29) is 0 Å². The number of anilines is 12. The minimum Gasteiger partial charge on any atom is -0.497 e. The van der Waals surface area contributed by atoms with E-state index in [1.165, 1.54) is 0 Å². The van der Waals surface area contributed by atoms with Crippen LogP contribution in [0.5, 0.6) is 11.5 Å². The van der Waals surface area contributed by atoms with Gasteiger partial charge < -0.3 is 37.9 Å². The zero-order valence-electron chi connectivity index (χ0n) is 50.6. The molecule has 2 aromatic heterocycles.